The summed E-state index contributed by atoms with van der Waals surface area (Å²) in [6.07, 6.45) is 0. The molecule has 1 aliphatic heterocycles. The largest absolute Gasteiger partial charge is 0.228 e. The Labute approximate surface area is 197 Å². The Morgan fingerprint density at radius 3 is 1.48 bits per heavy atom. The first-order valence-corrected chi connectivity index (χ1v) is 14.6. The third kappa shape index (κ3) is 4.90. The number of fused-ring (bicyclic) bond motifs is 8. The number of hydrogen-bond donors (Lipinski definition) is 0. The van der Waals surface area contributed by atoms with Crippen molar-refractivity contribution in [2.75, 3.05) is 0 Å². The summed E-state index contributed by atoms with van der Waals surface area (Å²) in [5.41, 5.74) is 5.19. The molecular formula is C24H20N2O4S3. The lowest BCUT2D eigenvalue weighted by molar-refractivity contribution is 0.590. The van der Waals surface area contributed by atoms with Crippen LogP contribution in [-0.2, 0) is 42.7 Å². The highest BCUT2D eigenvalue weighted by atomic mass is 32.2. The molecule has 3 aromatic carbocycles. The zero-order chi connectivity index (χ0) is 23.1. The van der Waals surface area contributed by atoms with E-state index in [4.69, 9.17) is 0 Å². The van der Waals surface area contributed by atoms with Crippen LogP contribution in [-0.4, -0.2) is 25.6 Å². The molecule has 0 fully saturated rings. The van der Waals surface area contributed by atoms with Gasteiger partial charge in [-0.15, -0.1) is 0 Å². The molecule has 0 spiro atoms. The van der Waals surface area contributed by atoms with E-state index in [0.717, 1.165) is 22.9 Å². The average molecular weight is 497 g/mol. The van der Waals surface area contributed by atoms with Crippen LogP contribution in [0.1, 0.15) is 22.3 Å². The molecule has 0 saturated carbocycles. The Hall–Kier alpha value is -2.88. The minimum Gasteiger partial charge on any atom is -0.228 e. The summed E-state index contributed by atoms with van der Waals surface area (Å²) in [7, 11) is -7.07. The minimum atomic E-state index is -3.54. The molecule has 0 amide bonds. The van der Waals surface area contributed by atoms with E-state index in [1.165, 1.54) is 0 Å². The monoisotopic (exact) mass is 496 g/mol. The third-order valence-electron chi connectivity index (χ3n) is 5.53. The molecule has 33 heavy (non-hydrogen) atoms. The summed E-state index contributed by atoms with van der Waals surface area (Å²) in [6, 6.07) is 21.5. The lowest BCUT2D eigenvalue weighted by Crippen LogP contribution is -2.13. The van der Waals surface area contributed by atoms with Crippen LogP contribution in [0.4, 0.5) is 0 Å². The highest BCUT2D eigenvalue weighted by Gasteiger charge is 2.22. The highest BCUT2D eigenvalue weighted by Crippen LogP contribution is 2.32. The molecule has 0 aliphatic carbocycles. The van der Waals surface area contributed by atoms with Gasteiger partial charge in [0.15, 0.2) is 19.7 Å². The van der Waals surface area contributed by atoms with Crippen LogP contribution in [0.2, 0.25) is 0 Å². The molecule has 4 bridgehead atoms. The topological polar surface area (TPSA) is 94.1 Å². The van der Waals surface area contributed by atoms with E-state index in [1.807, 2.05) is 36.4 Å². The predicted molar refractivity (Wildman–Crippen MR) is 130 cm³/mol. The molecule has 0 radical (unpaired) electrons. The highest BCUT2D eigenvalue weighted by molar-refractivity contribution is 7.90. The molecule has 0 unspecified atom stereocenters. The fraction of sp³-hybridized carbons (Fsp3) is 0.167. The Balaban J connectivity index is 1.69. The number of sulfone groups is 2. The summed E-state index contributed by atoms with van der Waals surface area (Å²) >= 11 is 1.07. The Morgan fingerprint density at radius 1 is 0.576 bits per heavy atom. The van der Waals surface area contributed by atoms with Gasteiger partial charge in [0.1, 0.15) is 11.4 Å². The summed E-state index contributed by atoms with van der Waals surface area (Å²) < 4.78 is 61.1. The summed E-state index contributed by atoms with van der Waals surface area (Å²) in [6.45, 7) is 0. The maximum Gasteiger partial charge on any atom is 0.158 e. The summed E-state index contributed by atoms with van der Waals surface area (Å²) in [5.74, 6) is -0.738. The van der Waals surface area contributed by atoms with Gasteiger partial charge in [0.25, 0.3) is 0 Å². The predicted octanol–water partition coefficient (Wildman–Crippen LogP) is 4.42. The minimum absolute atomic E-state index is 0.149. The van der Waals surface area contributed by atoms with Crippen molar-refractivity contribution in [3.05, 3.63) is 95.1 Å². The van der Waals surface area contributed by atoms with Crippen LogP contribution in [0, 0.1) is 0 Å². The van der Waals surface area contributed by atoms with Crippen molar-refractivity contribution in [1.29, 1.82) is 0 Å². The van der Waals surface area contributed by atoms with E-state index >= 15 is 0 Å². The fourth-order valence-corrected chi connectivity index (χ4v) is 7.78. The smallest absolute Gasteiger partial charge is 0.158 e. The molecule has 6 nitrogen and oxygen atoms in total. The number of hydrogen-bond acceptors (Lipinski definition) is 7. The average Bonchev–Trinajstić information content (AvgIpc) is 3.24. The molecule has 1 aliphatic rings. The molecule has 0 atom stereocenters. The van der Waals surface area contributed by atoms with Crippen molar-refractivity contribution in [1.82, 2.24) is 8.75 Å². The first kappa shape index (κ1) is 21.9. The number of aromatic nitrogens is 2. The van der Waals surface area contributed by atoms with Crippen molar-refractivity contribution in [3.63, 3.8) is 0 Å². The zero-order valence-electron chi connectivity index (χ0n) is 17.5. The molecule has 5 rings (SSSR count). The second-order valence-corrected chi connectivity index (χ2v) is 12.9. The van der Waals surface area contributed by atoms with Gasteiger partial charge in [-0.1, -0.05) is 60.7 Å². The van der Waals surface area contributed by atoms with Crippen molar-refractivity contribution >= 4 is 31.4 Å². The van der Waals surface area contributed by atoms with Gasteiger partial charge in [0.2, 0.25) is 0 Å². The number of nitrogens with zero attached hydrogens (tertiary/aromatic N) is 2. The molecule has 9 heteroatoms. The van der Waals surface area contributed by atoms with E-state index < -0.39 is 19.7 Å². The van der Waals surface area contributed by atoms with Gasteiger partial charge < -0.3 is 0 Å². The SMILES string of the molecule is O=S1(=O)Cc2cccc(c2)-c2nsnc2-c2cccc(c2)CS(=O)(=O)Cc2ccccc2C1. The van der Waals surface area contributed by atoms with E-state index in [-0.39, 0.29) is 23.0 Å². The van der Waals surface area contributed by atoms with Gasteiger partial charge in [-0.2, -0.15) is 8.75 Å². The van der Waals surface area contributed by atoms with Crippen molar-refractivity contribution in [2.45, 2.75) is 23.0 Å². The fourth-order valence-electron chi connectivity index (χ4n) is 4.11. The molecule has 2 heterocycles. The molecule has 168 valence electrons. The van der Waals surface area contributed by atoms with Gasteiger partial charge in [-0.25, -0.2) is 16.8 Å². The number of rotatable bonds is 0. The van der Waals surface area contributed by atoms with Crippen LogP contribution >= 0.6 is 11.7 Å². The molecule has 4 aromatic rings. The molecule has 1 aromatic heterocycles. The van der Waals surface area contributed by atoms with Gasteiger partial charge in [-0.05, 0) is 34.4 Å². The van der Waals surface area contributed by atoms with Crippen LogP contribution in [0.5, 0.6) is 0 Å². The van der Waals surface area contributed by atoms with E-state index in [2.05, 4.69) is 8.75 Å². The van der Waals surface area contributed by atoms with Crippen LogP contribution in [0.15, 0.2) is 72.8 Å². The van der Waals surface area contributed by atoms with E-state index in [9.17, 15) is 16.8 Å². The number of benzene rings is 3. The summed E-state index contributed by atoms with van der Waals surface area (Å²) in [4.78, 5) is 0. The standard InChI is InChI=1S/C24H20N2O4S3/c27-32(28)13-17-5-3-9-19(11-17)23-24(26-31-25-23)20-10-4-6-18(12-20)14-33(29,30)16-22-8-2-1-7-21(22)15-32/h1-12H,13-16H2. The lowest BCUT2D eigenvalue weighted by atomic mass is 10.0. The van der Waals surface area contributed by atoms with Crippen molar-refractivity contribution < 1.29 is 16.8 Å². The van der Waals surface area contributed by atoms with Gasteiger partial charge in [-0.3, -0.25) is 0 Å². The zero-order valence-corrected chi connectivity index (χ0v) is 20.0. The van der Waals surface area contributed by atoms with Gasteiger partial charge in [0.05, 0.1) is 34.7 Å². The lowest BCUT2D eigenvalue weighted by Gasteiger charge is -2.13. The first-order valence-electron chi connectivity index (χ1n) is 10.3. The Kier molecular flexibility index (Phi) is 5.64. The maximum absolute atomic E-state index is 13.0. The van der Waals surface area contributed by atoms with Crippen LogP contribution < -0.4 is 0 Å². The molecule has 0 N–H and O–H groups in total. The van der Waals surface area contributed by atoms with E-state index in [1.54, 1.807) is 36.4 Å². The van der Waals surface area contributed by atoms with Crippen LogP contribution in [0.3, 0.4) is 0 Å². The molecular weight excluding hydrogens is 476 g/mol. The van der Waals surface area contributed by atoms with Gasteiger partial charge in [0, 0.05) is 11.1 Å². The van der Waals surface area contributed by atoms with E-state index in [0.29, 0.717) is 33.6 Å². The maximum atomic E-state index is 13.0. The Bertz CT molecular complexity index is 1440. The van der Waals surface area contributed by atoms with Crippen LogP contribution in [0.25, 0.3) is 22.5 Å². The first-order chi connectivity index (χ1) is 15.8. The molecule has 0 saturated heterocycles. The normalized spacial score (nSPS) is 17.0. The van der Waals surface area contributed by atoms with Crippen molar-refractivity contribution in [3.8, 4) is 22.5 Å². The quantitative estimate of drug-likeness (QED) is 0.358. The van der Waals surface area contributed by atoms with Crippen molar-refractivity contribution in [2.24, 2.45) is 0 Å². The third-order valence-corrected chi connectivity index (χ3v) is 9.11. The summed E-state index contributed by atoms with van der Waals surface area (Å²) in [5, 5.41) is 0. The second kappa shape index (κ2) is 8.48. The Morgan fingerprint density at radius 2 is 1.03 bits per heavy atom. The second-order valence-electron chi connectivity index (χ2n) is 8.20. The van der Waals surface area contributed by atoms with Gasteiger partial charge >= 0.3 is 0 Å².